The fourth-order valence-corrected chi connectivity index (χ4v) is 1.84. The molecule has 1 aromatic rings. The summed E-state index contributed by atoms with van der Waals surface area (Å²) < 4.78 is 6.94. The predicted molar refractivity (Wildman–Crippen MR) is 64.2 cm³/mol. The van der Waals surface area contributed by atoms with E-state index >= 15 is 0 Å². The first kappa shape index (κ1) is 14.0. The van der Waals surface area contributed by atoms with E-state index in [0.29, 0.717) is 24.0 Å². The Labute approximate surface area is 104 Å². The van der Waals surface area contributed by atoms with E-state index in [4.69, 9.17) is 9.84 Å². The van der Waals surface area contributed by atoms with Gasteiger partial charge < -0.3 is 9.84 Å². The van der Waals surface area contributed by atoms with Gasteiger partial charge in [0, 0.05) is 20.1 Å². The molecule has 1 aromatic heterocycles. The minimum absolute atomic E-state index is 0.00168. The minimum Gasteiger partial charge on any atom is -0.481 e. The van der Waals surface area contributed by atoms with E-state index in [-0.39, 0.29) is 5.75 Å². The van der Waals surface area contributed by atoms with Crippen molar-refractivity contribution >= 4 is 17.7 Å². The highest BCUT2D eigenvalue weighted by molar-refractivity contribution is 7.99. The fourth-order valence-electron chi connectivity index (χ4n) is 1.19. The van der Waals surface area contributed by atoms with Gasteiger partial charge in [0.05, 0.1) is 12.4 Å². The Morgan fingerprint density at radius 2 is 2.29 bits per heavy atom. The summed E-state index contributed by atoms with van der Waals surface area (Å²) in [6.07, 6.45) is 1.65. The van der Waals surface area contributed by atoms with Crippen LogP contribution in [0.4, 0.5) is 0 Å². The number of aliphatic carboxylic acids is 1. The molecule has 0 atom stereocenters. The number of rotatable bonds is 8. The summed E-state index contributed by atoms with van der Waals surface area (Å²) in [7, 11) is 1.76. The molecule has 17 heavy (non-hydrogen) atoms. The van der Waals surface area contributed by atoms with Gasteiger partial charge in [-0.1, -0.05) is 18.7 Å². The van der Waals surface area contributed by atoms with Gasteiger partial charge in [0.15, 0.2) is 11.0 Å². The van der Waals surface area contributed by atoms with Crippen molar-refractivity contribution in [1.29, 1.82) is 0 Å². The number of carbonyl (C=O) groups is 1. The van der Waals surface area contributed by atoms with E-state index in [9.17, 15) is 4.79 Å². The second kappa shape index (κ2) is 7.29. The monoisotopic (exact) mass is 259 g/mol. The molecule has 1 N–H and O–H groups in total. The average Bonchev–Trinajstić information content (AvgIpc) is 2.63. The molecule has 6 nitrogen and oxygen atoms in total. The number of carboxylic acid groups (broad SMARTS) is 1. The molecule has 0 bridgehead atoms. The zero-order valence-electron chi connectivity index (χ0n) is 10.0. The van der Waals surface area contributed by atoms with E-state index in [1.54, 1.807) is 11.7 Å². The highest BCUT2D eigenvalue weighted by atomic mass is 32.2. The van der Waals surface area contributed by atoms with Gasteiger partial charge >= 0.3 is 5.97 Å². The quantitative estimate of drug-likeness (QED) is 0.553. The van der Waals surface area contributed by atoms with Crippen LogP contribution in [0.25, 0.3) is 0 Å². The van der Waals surface area contributed by atoms with Crippen LogP contribution >= 0.6 is 11.8 Å². The number of thioether (sulfide) groups is 1. The lowest BCUT2D eigenvalue weighted by Gasteiger charge is -1.98. The SMILES string of the molecule is CCCOCCc1nc(SCC(=O)O)n(C)n1. The van der Waals surface area contributed by atoms with Crippen molar-refractivity contribution in [2.75, 3.05) is 19.0 Å². The molecule has 0 fully saturated rings. The Hall–Kier alpha value is -1.08. The van der Waals surface area contributed by atoms with Crippen LogP contribution in [0.5, 0.6) is 0 Å². The molecule has 0 aliphatic heterocycles. The van der Waals surface area contributed by atoms with Crippen LogP contribution < -0.4 is 0 Å². The van der Waals surface area contributed by atoms with Gasteiger partial charge in [0.1, 0.15) is 0 Å². The first-order valence-corrected chi connectivity index (χ1v) is 6.44. The number of hydrogen-bond acceptors (Lipinski definition) is 5. The number of aryl methyl sites for hydroxylation is 1. The van der Waals surface area contributed by atoms with Crippen molar-refractivity contribution in [3.05, 3.63) is 5.82 Å². The van der Waals surface area contributed by atoms with Gasteiger partial charge in [0.25, 0.3) is 0 Å². The lowest BCUT2D eigenvalue weighted by Crippen LogP contribution is -2.01. The summed E-state index contributed by atoms with van der Waals surface area (Å²) in [5.41, 5.74) is 0. The molecule has 0 saturated carbocycles. The molecule has 0 amide bonds. The summed E-state index contributed by atoms with van der Waals surface area (Å²) in [6.45, 7) is 3.40. The summed E-state index contributed by atoms with van der Waals surface area (Å²) in [4.78, 5) is 14.7. The van der Waals surface area contributed by atoms with Gasteiger partial charge in [-0.25, -0.2) is 9.67 Å². The maximum atomic E-state index is 10.4. The van der Waals surface area contributed by atoms with Crippen molar-refractivity contribution in [3.63, 3.8) is 0 Å². The van der Waals surface area contributed by atoms with E-state index in [0.717, 1.165) is 13.0 Å². The average molecular weight is 259 g/mol. The second-order valence-electron chi connectivity index (χ2n) is 3.48. The third kappa shape index (κ3) is 5.18. The van der Waals surface area contributed by atoms with Crippen LogP contribution in [0.15, 0.2) is 5.16 Å². The van der Waals surface area contributed by atoms with Crippen molar-refractivity contribution in [2.45, 2.75) is 24.9 Å². The molecule has 0 saturated heterocycles. The van der Waals surface area contributed by atoms with Gasteiger partial charge in [-0.2, -0.15) is 5.10 Å². The fraction of sp³-hybridized carbons (Fsp3) is 0.700. The molecule has 0 radical (unpaired) electrons. The molecule has 7 heteroatoms. The topological polar surface area (TPSA) is 77.2 Å². The Morgan fingerprint density at radius 3 is 2.94 bits per heavy atom. The van der Waals surface area contributed by atoms with Crippen LogP contribution in [-0.4, -0.2) is 44.8 Å². The summed E-state index contributed by atoms with van der Waals surface area (Å²) in [5, 5.41) is 13.4. The van der Waals surface area contributed by atoms with E-state index in [1.165, 1.54) is 11.8 Å². The molecule has 1 rings (SSSR count). The second-order valence-corrected chi connectivity index (χ2v) is 4.42. The smallest absolute Gasteiger partial charge is 0.313 e. The largest absolute Gasteiger partial charge is 0.481 e. The molecule has 0 aliphatic rings. The van der Waals surface area contributed by atoms with Crippen LogP contribution in [0.3, 0.4) is 0 Å². The van der Waals surface area contributed by atoms with Crippen LogP contribution in [0.2, 0.25) is 0 Å². The number of hydrogen-bond donors (Lipinski definition) is 1. The molecule has 0 aromatic carbocycles. The van der Waals surface area contributed by atoms with Crippen molar-refractivity contribution in [1.82, 2.24) is 14.8 Å². The first-order chi connectivity index (χ1) is 8.13. The molecule has 0 spiro atoms. The van der Waals surface area contributed by atoms with E-state index in [1.807, 2.05) is 0 Å². The minimum atomic E-state index is -0.856. The standard InChI is InChI=1S/C10H17N3O3S/c1-3-5-16-6-4-8-11-10(13(2)12-8)17-7-9(14)15/h3-7H2,1-2H3,(H,14,15). The third-order valence-corrected chi connectivity index (χ3v) is 2.92. The Morgan fingerprint density at radius 1 is 1.53 bits per heavy atom. The molecule has 0 aliphatic carbocycles. The van der Waals surface area contributed by atoms with Crippen LogP contribution in [0.1, 0.15) is 19.2 Å². The van der Waals surface area contributed by atoms with Crippen molar-refractivity contribution < 1.29 is 14.6 Å². The first-order valence-electron chi connectivity index (χ1n) is 5.45. The normalized spacial score (nSPS) is 10.7. The van der Waals surface area contributed by atoms with Gasteiger partial charge in [-0.3, -0.25) is 4.79 Å². The summed E-state index contributed by atoms with van der Waals surface area (Å²) in [6, 6.07) is 0. The third-order valence-electron chi connectivity index (χ3n) is 1.91. The van der Waals surface area contributed by atoms with E-state index < -0.39 is 5.97 Å². The van der Waals surface area contributed by atoms with Crippen molar-refractivity contribution in [2.24, 2.45) is 7.05 Å². The zero-order chi connectivity index (χ0) is 12.7. The Balaban J connectivity index is 2.41. The predicted octanol–water partition coefficient (Wildman–Crippen LogP) is 0.961. The lowest BCUT2D eigenvalue weighted by molar-refractivity contribution is -0.133. The maximum absolute atomic E-state index is 10.4. The number of aromatic nitrogens is 3. The molecule has 0 unspecified atom stereocenters. The number of nitrogens with zero attached hydrogens (tertiary/aromatic N) is 3. The number of carboxylic acids is 1. The molecule has 1 heterocycles. The molecular formula is C10H17N3O3S. The molecular weight excluding hydrogens is 242 g/mol. The highest BCUT2D eigenvalue weighted by Gasteiger charge is 2.09. The van der Waals surface area contributed by atoms with E-state index in [2.05, 4.69) is 17.0 Å². The number of ether oxygens (including phenoxy) is 1. The Kier molecular flexibility index (Phi) is 5.99. The Bertz CT molecular complexity index is 368. The zero-order valence-corrected chi connectivity index (χ0v) is 10.9. The van der Waals surface area contributed by atoms with Gasteiger partial charge in [0.2, 0.25) is 0 Å². The van der Waals surface area contributed by atoms with Crippen molar-refractivity contribution in [3.8, 4) is 0 Å². The lowest BCUT2D eigenvalue weighted by atomic mass is 10.4. The van der Waals surface area contributed by atoms with Crippen LogP contribution in [0, 0.1) is 0 Å². The maximum Gasteiger partial charge on any atom is 0.313 e. The van der Waals surface area contributed by atoms with Gasteiger partial charge in [-0.05, 0) is 6.42 Å². The summed E-state index contributed by atoms with van der Waals surface area (Å²) >= 11 is 1.17. The summed E-state index contributed by atoms with van der Waals surface area (Å²) in [5.74, 6) is -0.166. The van der Waals surface area contributed by atoms with Gasteiger partial charge in [-0.15, -0.1) is 0 Å². The van der Waals surface area contributed by atoms with Crippen LogP contribution in [-0.2, 0) is 23.0 Å². The molecule has 96 valence electrons. The highest BCUT2D eigenvalue weighted by Crippen LogP contribution is 2.14.